The highest BCUT2D eigenvalue weighted by Gasteiger charge is 2.48. The number of aliphatic hydroxyl groups is 2. The molecule has 11 N–H and O–H groups in total. The molecule has 0 radical (unpaired) electrons. The fourth-order valence-electron chi connectivity index (χ4n) is 5.40. The van der Waals surface area contributed by atoms with Crippen LogP contribution in [0.25, 0.3) is 22.3 Å². The molecule has 2 aliphatic rings. The minimum Gasteiger partial charge on any atom is -0.390 e. The number of H-pyrrole nitrogens is 1. The first kappa shape index (κ1) is 39.6. The summed E-state index contributed by atoms with van der Waals surface area (Å²) in [6.07, 6.45) is -3.94. The van der Waals surface area contributed by atoms with E-state index in [1.807, 2.05) is 0 Å². The Bertz CT molecular complexity index is 2270. The van der Waals surface area contributed by atoms with Gasteiger partial charge in [0.05, 0.1) is 38.1 Å². The summed E-state index contributed by atoms with van der Waals surface area (Å²) in [5.41, 5.74) is 11.1. The second-order valence-electron chi connectivity index (χ2n) is 11.4. The lowest BCUT2D eigenvalue weighted by molar-refractivity contribution is -0.0438. The normalized spacial score (nSPS) is 29.5. The van der Waals surface area contributed by atoms with Crippen LogP contribution in [-0.4, -0.2) is 106 Å². The van der Waals surface area contributed by atoms with Gasteiger partial charge in [-0.2, -0.15) is 17.9 Å². The van der Waals surface area contributed by atoms with Crippen LogP contribution in [0, 0.1) is 5.92 Å². The van der Waals surface area contributed by atoms with Gasteiger partial charge in [-0.1, -0.05) is 6.92 Å². The van der Waals surface area contributed by atoms with E-state index in [1.54, 1.807) is 0 Å². The number of hydrogen-bond acceptors (Lipinski definition) is 21. The number of fused-ring (bicyclic) bond motifs is 2. The van der Waals surface area contributed by atoms with E-state index in [2.05, 4.69) is 51.9 Å². The fourth-order valence-corrected chi connectivity index (χ4v) is 10.3. The number of aliphatic hydroxyl groups excluding tert-OH is 2. The van der Waals surface area contributed by atoms with Crippen molar-refractivity contribution in [3.05, 3.63) is 29.3 Å². The Hall–Kier alpha value is -3.10. The molecule has 0 spiro atoms. The highest BCUT2D eigenvalue weighted by atomic mass is 31.3. The predicted molar refractivity (Wildman–Crippen MR) is 170 cm³/mol. The van der Waals surface area contributed by atoms with E-state index in [9.17, 15) is 52.8 Å². The number of ether oxygens (including phenoxy) is 2. The molecule has 2 aliphatic heterocycles. The quantitative estimate of drug-likeness (QED) is 0.0699. The van der Waals surface area contributed by atoms with Gasteiger partial charge in [0, 0.05) is 12.3 Å². The smallest absolute Gasteiger partial charge is 0.390 e. The first-order valence-electron chi connectivity index (χ1n) is 14.7. The average molecular weight is 834 g/mol. The second kappa shape index (κ2) is 14.5. The van der Waals surface area contributed by atoms with Crippen molar-refractivity contribution in [3.63, 3.8) is 0 Å². The summed E-state index contributed by atoms with van der Waals surface area (Å²) < 4.78 is 84.6. The highest BCUT2D eigenvalue weighted by Crippen LogP contribution is 2.71. The summed E-state index contributed by atoms with van der Waals surface area (Å²) in [6.45, 7) is -0.419. The maximum Gasteiger partial charge on any atom is 0.490 e. The molecule has 4 aromatic heterocycles. The van der Waals surface area contributed by atoms with Crippen molar-refractivity contribution >= 4 is 65.4 Å². The Kier molecular flexibility index (Phi) is 10.8. The molecule has 292 valence electrons. The molecule has 0 amide bonds. The van der Waals surface area contributed by atoms with E-state index >= 15 is 0 Å². The zero-order chi connectivity index (χ0) is 38.7. The first-order chi connectivity index (χ1) is 24.6. The molecular formula is C21H30N10O18P4. The van der Waals surface area contributed by atoms with Gasteiger partial charge in [0.25, 0.3) is 5.56 Å². The Morgan fingerprint density at radius 3 is 2.08 bits per heavy atom. The zero-order valence-electron chi connectivity index (χ0n) is 26.6. The van der Waals surface area contributed by atoms with Crippen LogP contribution in [0.1, 0.15) is 25.8 Å². The number of hydrogen-bond donors (Lipinski definition) is 9. The third-order valence-corrected chi connectivity index (χ3v) is 13.6. The largest absolute Gasteiger partial charge is 0.490 e. The Morgan fingerprint density at radius 1 is 0.830 bits per heavy atom. The standard InChI is InChI=1S/C21H30N10O18P4/c1-8-15(33)11(46-20(8)31-7-27-14-18(31)28-21(23)29-19(14)34)4-44-51(37,38)48-53(41,42)49-52(39,40)47-50(35,36)43-3-10-9(32)2-12(45-10)30-6-26-13-16(22)24-5-25-17(13)30/h5-12,15,20,32-33H,2-4H2,1H3,(H,35,36)(H,37,38)(H,39,40)(H,41,42)(H2,22,24,25)(H3,23,28,29,34)/t8?,9?,10-,11-,12-,15?,20-/m1/s1. The topological polar surface area (TPSA) is 413 Å². The summed E-state index contributed by atoms with van der Waals surface area (Å²) in [5.74, 6) is -0.963. The van der Waals surface area contributed by atoms with Gasteiger partial charge in [-0.25, -0.2) is 38.2 Å². The van der Waals surface area contributed by atoms with Crippen molar-refractivity contribution in [2.24, 2.45) is 5.92 Å². The molecule has 53 heavy (non-hydrogen) atoms. The van der Waals surface area contributed by atoms with E-state index in [4.69, 9.17) is 20.9 Å². The van der Waals surface area contributed by atoms with Crippen LogP contribution in [-0.2, 0) is 49.7 Å². The molecule has 28 nitrogen and oxygen atoms in total. The lowest BCUT2D eigenvalue weighted by Gasteiger charge is -2.21. The van der Waals surface area contributed by atoms with Gasteiger partial charge in [-0.05, 0) is 0 Å². The number of rotatable bonds is 14. The number of nitrogens with zero attached hydrogens (tertiary/aromatic N) is 7. The van der Waals surface area contributed by atoms with Crippen LogP contribution in [0.4, 0.5) is 11.8 Å². The summed E-state index contributed by atoms with van der Waals surface area (Å²) in [6, 6.07) is 0. The van der Waals surface area contributed by atoms with Gasteiger partial charge >= 0.3 is 31.3 Å². The molecule has 32 heteroatoms. The van der Waals surface area contributed by atoms with Crippen LogP contribution < -0.4 is 17.0 Å². The molecule has 6 rings (SSSR count). The highest BCUT2D eigenvalue weighted by molar-refractivity contribution is 7.69. The molecule has 2 saturated heterocycles. The lowest BCUT2D eigenvalue weighted by Crippen LogP contribution is -2.29. The minimum absolute atomic E-state index is 0.0142. The van der Waals surface area contributed by atoms with Gasteiger partial charge in [0.15, 0.2) is 22.6 Å². The molecule has 0 saturated carbocycles. The third kappa shape index (κ3) is 8.75. The zero-order valence-corrected chi connectivity index (χ0v) is 30.1. The minimum atomic E-state index is -6.13. The predicted octanol–water partition coefficient (Wildman–Crippen LogP) is -0.849. The monoisotopic (exact) mass is 834 g/mol. The van der Waals surface area contributed by atoms with Crippen LogP contribution in [0.3, 0.4) is 0 Å². The molecule has 0 bridgehead atoms. The Morgan fingerprint density at radius 2 is 1.42 bits per heavy atom. The number of aromatic nitrogens is 8. The number of aromatic amines is 1. The van der Waals surface area contributed by atoms with Crippen molar-refractivity contribution in [1.82, 2.24) is 39.0 Å². The van der Waals surface area contributed by atoms with E-state index in [0.717, 1.165) is 6.33 Å². The van der Waals surface area contributed by atoms with Crippen molar-refractivity contribution in [2.45, 2.75) is 50.2 Å². The van der Waals surface area contributed by atoms with Gasteiger partial charge in [-0.3, -0.25) is 28.0 Å². The van der Waals surface area contributed by atoms with Crippen LogP contribution in [0.15, 0.2) is 23.8 Å². The fraction of sp³-hybridized carbons (Fsp3) is 0.524. The van der Waals surface area contributed by atoms with Crippen molar-refractivity contribution in [3.8, 4) is 0 Å². The summed E-state index contributed by atoms with van der Waals surface area (Å²) in [5, 5.41) is 21.1. The van der Waals surface area contributed by atoms with Gasteiger partial charge < -0.3 is 50.7 Å². The number of nitrogens with one attached hydrogen (secondary N) is 1. The summed E-state index contributed by atoms with van der Waals surface area (Å²) in [7, 11) is -23.6. The molecule has 2 fully saturated rings. The van der Waals surface area contributed by atoms with Crippen LogP contribution in [0.5, 0.6) is 0 Å². The van der Waals surface area contributed by atoms with Crippen molar-refractivity contribution in [2.75, 3.05) is 24.7 Å². The summed E-state index contributed by atoms with van der Waals surface area (Å²) >= 11 is 0. The molecule has 11 atom stereocenters. The maximum atomic E-state index is 12.5. The van der Waals surface area contributed by atoms with Crippen molar-refractivity contribution in [1.29, 1.82) is 0 Å². The molecule has 6 heterocycles. The van der Waals surface area contributed by atoms with E-state index in [0.29, 0.717) is 0 Å². The number of nitrogens with two attached hydrogens (primary N) is 2. The van der Waals surface area contributed by atoms with Crippen LogP contribution in [0.2, 0.25) is 0 Å². The van der Waals surface area contributed by atoms with E-state index in [-0.39, 0.29) is 40.5 Å². The molecule has 4 aromatic rings. The van der Waals surface area contributed by atoms with Crippen LogP contribution >= 0.6 is 31.3 Å². The lowest BCUT2D eigenvalue weighted by atomic mass is 10.0. The third-order valence-electron chi connectivity index (χ3n) is 7.73. The SMILES string of the molecule is CC1C(O)[C@@H](COP(=O)(O)OP(=O)(O)OP(=O)(O)OP(=O)(O)OC[C@H]2O[C@@H](n3cnc4c(N)ncnc43)CC2O)O[C@H]1n1cnc2c(=O)[nH]c(N)nc21. The van der Waals surface area contributed by atoms with Gasteiger partial charge in [0.2, 0.25) is 5.95 Å². The van der Waals surface area contributed by atoms with E-state index < -0.39 is 92.9 Å². The Labute approximate surface area is 294 Å². The average Bonchev–Trinajstić information content (AvgIpc) is 3.79. The number of imidazole rings is 2. The Balaban J connectivity index is 1.01. The molecular weight excluding hydrogens is 804 g/mol. The summed E-state index contributed by atoms with van der Waals surface area (Å²) in [4.78, 5) is 74.0. The maximum absolute atomic E-state index is 12.5. The number of phosphoric acid groups is 4. The van der Waals surface area contributed by atoms with Gasteiger partial charge in [0.1, 0.15) is 36.5 Å². The second-order valence-corrected chi connectivity index (χ2v) is 17.6. The van der Waals surface area contributed by atoms with Gasteiger partial charge in [-0.15, -0.1) is 0 Å². The van der Waals surface area contributed by atoms with Crippen molar-refractivity contribution < 1.29 is 79.5 Å². The number of nitrogen functional groups attached to an aromatic ring is 2. The molecule has 0 aromatic carbocycles. The molecule has 7 unspecified atom stereocenters. The number of phosphoric ester groups is 2. The number of anilines is 2. The molecule has 0 aliphatic carbocycles. The van der Waals surface area contributed by atoms with E-state index in [1.165, 1.54) is 28.7 Å². The first-order valence-corrected chi connectivity index (χ1v) is 20.7.